The number of nitriles is 1. The smallest absolute Gasteiger partial charge is 0.161 e. The van der Waals surface area contributed by atoms with E-state index in [4.69, 9.17) is 15.2 Å². The lowest BCUT2D eigenvalue weighted by atomic mass is 9.76. The van der Waals surface area contributed by atoms with Crippen LogP contribution in [0, 0.1) is 11.3 Å². The second-order valence-electron chi connectivity index (χ2n) is 6.15. The van der Waals surface area contributed by atoms with Crippen molar-refractivity contribution in [3.05, 3.63) is 46.4 Å². The van der Waals surface area contributed by atoms with Crippen molar-refractivity contribution in [2.75, 3.05) is 21.3 Å². The van der Waals surface area contributed by atoms with Crippen molar-refractivity contribution >= 4 is 5.78 Å². The highest BCUT2D eigenvalue weighted by Crippen LogP contribution is 2.45. The molecular formula is C19H21N3O3. The molecule has 6 heteroatoms. The lowest BCUT2D eigenvalue weighted by Gasteiger charge is -2.37. The largest absolute Gasteiger partial charge is 0.493 e. The molecule has 2 N–H and O–H groups in total. The Labute approximate surface area is 147 Å². The van der Waals surface area contributed by atoms with E-state index in [1.807, 2.05) is 19.2 Å². The first kappa shape index (κ1) is 16.9. The summed E-state index contributed by atoms with van der Waals surface area (Å²) in [4.78, 5) is 14.5. The second-order valence-corrected chi connectivity index (χ2v) is 6.15. The van der Waals surface area contributed by atoms with Gasteiger partial charge in [0.1, 0.15) is 5.82 Å². The van der Waals surface area contributed by atoms with Gasteiger partial charge in [-0.25, -0.2) is 0 Å². The van der Waals surface area contributed by atoms with E-state index in [2.05, 4.69) is 6.07 Å². The first-order valence-corrected chi connectivity index (χ1v) is 8.15. The zero-order chi connectivity index (χ0) is 18.1. The minimum absolute atomic E-state index is 0.0770. The fraction of sp³-hybridized carbons (Fsp3) is 0.368. The van der Waals surface area contributed by atoms with E-state index < -0.39 is 5.92 Å². The van der Waals surface area contributed by atoms with Gasteiger partial charge in [0.2, 0.25) is 0 Å². The van der Waals surface area contributed by atoms with E-state index in [0.29, 0.717) is 34.9 Å². The van der Waals surface area contributed by atoms with Crippen LogP contribution in [-0.4, -0.2) is 32.0 Å². The molecule has 1 aromatic carbocycles. The van der Waals surface area contributed by atoms with Crippen molar-refractivity contribution < 1.29 is 14.3 Å². The average Bonchev–Trinajstić information content (AvgIpc) is 2.64. The highest BCUT2D eigenvalue weighted by atomic mass is 16.5. The Bertz CT molecular complexity index is 833. The SMILES string of the molecule is COc1ccc([C@H]2C(C#N)=C(N)N(C)C3=C2C(=O)CCC3)cc1OC. The molecule has 1 atom stereocenters. The maximum absolute atomic E-state index is 12.7. The highest BCUT2D eigenvalue weighted by molar-refractivity contribution is 5.99. The number of carbonyl (C=O) groups is 1. The van der Waals surface area contributed by atoms with E-state index in [9.17, 15) is 10.1 Å². The van der Waals surface area contributed by atoms with Gasteiger partial charge >= 0.3 is 0 Å². The van der Waals surface area contributed by atoms with E-state index in [1.54, 1.807) is 25.2 Å². The minimum atomic E-state index is -0.469. The first-order valence-electron chi connectivity index (χ1n) is 8.15. The van der Waals surface area contributed by atoms with Crippen LogP contribution < -0.4 is 15.2 Å². The van der Waals surface area contributed by atoms with Gasteiger partial charge in [-0.15, -0.1) is 0 Å². The monoisotopic (exact) mass is 339 g/mol. The van der Waals surface area contributed by atoms with E-state index in [0.717, 1.165) is 24.1 Å². The van der Waals surface area contributed by atoms with Crippen molar-refractivity contribution in [2.45, 2.75) is 25.2 Å². The molecule has 2 aliphatic rings. The minimum Gasteiger partial charge on any atom is -0.493 e. The summed E-state index contributed by atoms with van der Waals surface area (Å²) in [5.41, 5.74) is 9.00. The van der Waals surface area contributed by atoms with Crippen LogP contribution >= 0.6 is 0 Å². The lowest BCUT2D eigenvalue weighted by Crippen LogP contribution is -2.36. The molecule has 0 radical (unpaired) electrons. The maximum Gasteiger partial charge on any atom is 0.161 e. The molecule has 1 aromatic rings. The number of Topliss-reactive ketones (excluding diaryl/α,β-unsaturated/α-hetero) is 1. The average molecular weight is 339 g/mol. The number of carbonyl (C=O) groups excluding carboxylic acids is 1. The number of ketones is 1. The standard InChI is InChI=1S/C19H21N3O3/c1-22-13-5-4-6-14(23)18(13)17(12(10-20)19(22)21)11-7-8-15(24-2)16(9-11)25-3/h7-9,17H,4-6,21H2,1-3H3/t17-/m0/s1. The number of hydrogen-bond acceptors (Lipinski definition) is 6. The summed E-state index contributed by atoms with van der Waals surface area (Å²) in [7, 11) is 4.94. The van der Waals surface area contributed by atoms with Crippen LogP contribution in [0.15, 0.2) is 40.9 Å². The van der Waals surface area contributed by atoms with E-state index in [-0.39, 0.29) is 5.78 Å². The Morgan fingerprint density at radius 1 is 1.24 bits per heavy atom. The molecule has 1 heterocycles. The van der Waals surface area contributed by atoms with Crippen molar-refractivity contribution in [2.24, 2.45) is 5.73 Å². The fourth-order valence-corrected chi connectivity index (χ4v) is 3.63. The molecule has 130 valence electrons. The molecule has 1 aliphatic heterocycles. The summed E-state index contributed by atoms with van der Waals surface area (Å²) in [5, 5.41) is 9.71. The number of allylic oxidation sites excluding steroid dienone is 3. The third-order valence-corrected chi connectivity index (χ3v) is 4.91. The van der Waals surface area contributed by atoms with Gasteiger partial charge in [-0.2, -0.15) is 5.26 Å². The number of rotatable bonds is 3. The molecule has 0 saturated heterocycles. The predicted octanol–water partition coefficient (Wildman–Crippen LogP) is 2.43. The third kappa shape index (κ3) is 2.62. The Kier molecular flexibility index (Phi) is 4.41. The molecule has 25 heavy (non-hydrogen) atoms. The molecule has 0 aromatic heterocycles. The molecule has 6 nitrogen and oxygen atoms in total. The summed E-state index contributed by atoms with van der Waals surface area (Å²) >= 11 is 0. The molecular weight excluding hydrogens is 318 g/mol. The fourth-order valence-electron chi connectivity index (χ4n) is 3.63. The van der Waals surface area contributed by atoms with Gasteiger partial charge in [0.15, 0.2) is 17.3 Å². The van der Waals surface area contributed by atoms with Crippen molar-refractivity contribution in [3.8, 4) is 17.6 Å². The van der Waals surface area contributed by atoms with Crippen molar-refractivity contribution in [3.63, 3.8) is 0 Å². The quantitative estimate of drug-likeness (QED) is 0.910. The first-order chi connectivity index (χ1) is 12.0. The Morgan fingerprint density at radius 3 is 2.60 bits per heavy atom. The zero-order valence-electron chi connectivity index (χ0n) is 14.6. The van der Waals surface area contributed by atoms with Crippen molar-refractivity contribution in [1.29, 1.82) is 5.26 Å². The van der Waals surface area contributed by atoms with Gasteiger partial charge in [-0.1, -0.05) is 6.07 Å². The Hall–Kier alpha value is -2.94. The van der Waals surface area contributed by atoms with Crippen LogP contribution in [0.2, 0.25) is 0 Å². The van der Waals surface area contributed by atoms with Crippen LogP contribution in [0.1, 0.15) is 30.7 Å². The van der Waals surface area contributed by atoms with Crippen LogP contribution in [0.4, 0.5) is 0 Å². The van der Waals surface area contributed by atoms with Crippen LogP contribution in [-0.2, 0) is 4.79 Å². The lowest BCUT2D eigenvalue weighted by molar-refractivity contribution is -0.116. The number of nitrogens with zero attached hydrogens (tertiary/aromatic N) is 2. The number of ether oxygens (including phenoxy) is 2. The number of benzene rings is 1. The van der Waals surface area contributed by atoms with E-state index >= 15 is 0 Å². The van der Waals surface area contributed by atoms with Gasteiger partial charge in [-0.05, 0) is 30.5 Å². The summed E-state index contributed by atoms with van der Waals surface area (Å²) in [6, 6.07) is 7.66. The maximum atomic E-state index is 12.7. The molecule has 3 rings (SSSR count). The van der Waals surface area contributed by atoms with Crippen LogP contribution in [0.3, 0.4) is 0 Å². The molecule has 0 amide bonds. The number of hydrogen-bond donors (Lipinski definition) is 1. The predicted molar refractivity (Wildman–Crippen MR) is 92.8 cm³/mol. The molecule has 0 fully saturated rings. The van der Waals surface area contributed by atoms with Gasteiger partial charge in [0.05, 0.1) is 31.8 Å². The van der Waals surface area contributed by atoms with Gasteiger partial charge in [-0.3, -0.25) is 4.79 Å². The second kappa shape index (κ2) is 6.52. The summed E-state index contributed by atoms with van der Waals surface area (Å²) in [6.07, 6.45) is 2.08. The topological polar surface area (TPSA) is 88.6 Å². The Morgan fingerprint density at radius 2 is 1.96 bits per heavy atom. The van der Waals surface area contributed by atoms with Crippen LogP contribution in [0.25, 0.3) is 0 Å². The highest BCUT2D eigenvalue weighted by Gasteiger charge is 2.38. The van der Waals surface area contributed by atoms with Gasteiger partial charge < -0.3 is 20.1 Å². The molecule has 0 unspecified atom stereocenters. The summed E-state index contributed by atoms with van der Waals surface area (Å²) in [5.74, 6) is 1.16. The number of methoxy groups -OCH3 is 2. The van der Waals surface area contributed by atoms with Crippen LogP contribution in [0.5, 0.6) is 11.5 Å². The third-order valence-electron chi connectivity index (χ3n) is 4.91. The molecule has 0 spiro atoms. The molecule has 1 aliphatic carbocycles. The summed E-state index contributed by atoms with van der Waals surface area (Å²) in [6.45, 7) is 0. The normalized spacial score (nSPS) is 20.3. The Balaban J connectivity index is 2.22. The van der Waals surface area contributed by atoms with Gasteiger partial charge in [0, 0.05) is 24.7 Å². The van der Waals surface area contributed by atoms with E-state index in [1.165, 1.54) is 0 Å². The number of nitrogens with two attached hydrogens (primary N) is 1. The van der Waals surface area contributed by atoms with Gasteiger partial charge in [0.25, 0.3) is 0 Å². The summed E-state index contributed by atoms with van der Waals surface area (Å²) < 4.78 is 10.7. The molecule has 0 saturated carbocycles. The van der Waals surface area contributed by atoms with Crippen molar-refractivity contribution in [1.82, 2.24) is 4.90 Å². The molecule has 0 bridgehead atoms. The zero-order valence-corrected chi connectivity index (χ0v) is 14.6.